The number of hydrogen-bond donors (Lipinski definition) is 2. The van der Waals surface area contributed by atoms with Gasteiger partial charge in [0.25, 0.3) is 5.91 Å². The third-order valence-electron chi connectivity index (χ3n) is 4.48. The highest BCUT2D eigenvalue weighted by Gasteiger charge is 2.11. The molecule has 0 spiro atoms. The average molecular weight is 350 g/mol. The summed E-state index contributed by atoms with van der Waals surface area (Å²) < 4.78 is 0. The van der Waals surface area contributed by atoms with Crippen LogP contribution in [0.1, 0.15) is 54.0 Å². The van der Waals surface area contributed by atoms with E-state index in [1.165, 1.54) is 31.3 Å². The Kier molecular flexibility index (Phi) is 6.00. The molecule has 26 heavy (non-hydrogen) atoms. The molecule has 0 aliphatic heterocycles. The van der Waals surface area contributed by atoms with Crippen LogP contribution in [-0.4, -0.2) is 22.4 Å². The number of nitrogens with zero attached hydrogens (tertiary/aromatic N) is 2. The molecule has 5 heteroatoms. The summed E-state index contributed by atoms with van der Waals surface area (Å²) in [5.41, 5.74) is 3.76. The van der Waals surface area contributed by atoms with E-state index >= 15 is 0 Å². The van der Waals surface area contributed by atoms with Gasteiger partial charge in [0, 0.05) is 18.3 Å². The fourth-order valence-corrected chi connectivity index (χ4v) is 3.18. The standard InChI is InChI=1S/C21H26N4O/c1-15-7-6-10-18(13-15)25-21(26)19-14-20(24-16(2)23-19)22-12-11-17-8-4-3-5-9-17/h6-8,10,13-14H,3-5,9,11-12H2,1-2H3,(H,25,26)(H,22,23,24). The molecule has 0 saturated carbocycles. The lowest BCUT2D eigenvalue weighted by Gasteiger charge is -2.13. The van der Waals surface area contributed by atoms with Crippen molar-refractivity contribution in [2.45, 2.75) is 46.0 Å². The van der Waals surface area contributed by atoms with Gasteiger partial charge in [0.2, 0.25) is 0 Å². The molecule has 0 radical (unpaired) electrons. The highest BCUT2D eigenvalue weighted by molar-refractivity contribution is 6.03. The summed E-state index contributed by atoms with van der Waals surface area (Å²) in [5, 5.41) is 6.22. The number of carbonyl (C=O) groups excluding carboxylic acids is 1. The van der Waals surface area contributed by atoms with Crippen LogP contribution in [0.15, 0.2) is 42.0 Å². The molecule has 3 rings (SSSR count). The molecule has 1 aromatic heterocycles. The molecule has 0 saturated heterocycles. The zero-order chi connectivity index (χ0) is 18.4. The van der Waals surface area contributed by atoms with Crippen LogP contribution >= 0.6 is 0 Å². The molecule has 0 unspecified atom stereocenters. The van der Waals surface area contributed by atoms with Gasteiger partial charge in [-0.3, -0.25) is 4.79 Å². The molecule has 2 aromatic rings. The lowest BCUT2D eigenvalue weighted by atomic mass is 9.97. The highest BCUT2D eigenvalue weighted by Crippen LogP contribution is 2.20. The topological polar surface area (TPSA) is 66.9 Å². The monoisotopic (exact) mass is 350 g/mol. The van der Waals surface area contributed by atoms with Crippen molar-refractivity contribution < 1.29 is 4.79 Å². The molecule has 5 nitrogen and oxygen atoms in total. The fourth-order valence-electron chi connectivity index (χ4n) is 3.18. The van der Waals surface area contributed by atoms with Gasteiger partial charge in [0.15, 0.2) is 0 Å². The van der Waals surface area contributed by atoms with E-state index in [2.05, 4.69) is 26.7 Å². The normalized spacial score (nSPS) is 13.8. The number of aromatic nitrogens is 2. The quantitative estimate of drug-likeness (QED) is 0.744. The minimum atomic E-state index is -0.223. The van der Waals surface area contributed by atoms with Gasteiger partial charge in [-0.15, -0.1) is 0 Å². The Morgan fingerprint density at radius 3 is 2.81 bits per heavy atom. The minimum absolute atomic E-state index is 0.223. The lowest BCUT2D eigenvalue weighted by Crippen LogP contribution is -2.16. The molecule has 1 amide bonds. The van der Waals surface area contributed by atoms with E-state index in [1.54, 1.807) is 13.0 Å². The van der Waals surface area contributed by atoms with Crippen molar-refractivity contribution >= 4 is 17.4 Å². The van der Waals surface area contributed by atoms with Gasteiger partial charge in [-0.1, -0.05) is 23.8 Å². The molecule has 0 atom stereocenters. The van der Waals surface area contributed by atoms with Crippen LogP contribution < -0.4 is 10.6 Å². The summed E-state index contributed by atoms with van der Waals surface area (Å²) in [6, 6.07) is 9.43. The zero-order valence-electron chi connectivity index (χ0n) is 15.5. The maximum Gasteiger partial charge on any atom is 0.274 e. The lowest BCUT2D eigenvalue weighted by molar-refractivity contribution is 0.102. The largest absolute Gasteiger partial charge is 0.370 e. The first-order valence-corrected chi connectivity index (χ1v) is 9.25. The summed E-state index contributed by atoms with van der Waals surface area (Å²) in [5.74, 6) is 1.06. The Labute approximate surface area is 155 Å². The summed E-state index contributed by atoms with van der Waals surface area (Å²) >= 11 is 0. The number of amides is 1. The molecular weight excluding hydrogens is 324 g/mol. The Morgan fingerprint density at radius 2 is 2.04 bits per heavy atom. The van der Waals surface area contributed by atoms with Crippen LogP contribution in [0.4, 0.5) is 11.5 Å². The maximum absolute atomic E-state index is 12.5. The molecule has 1 heterocycles. The molecule has 1 aliphatic carbocycles. The van der Waals surface area contributed by atoms with Crippen molar-refractivity contribution in [1.82, 2.24) is 9.97 Å². The number of hydrogen-bond acceptors (Lipinski definition) is 4. The van der Waals surface area contributed by atoms with Gasteiger partial charge >= 0.3 is 0 Å². The first-order valence-electron chi connectivity index (χ1n) is 9.25. The minimum Gasteiger partial charge on any atom is -0.370 e. The first kappa shape index (κ1) is 18.1. The summed E-state index contributed by atoms with van der Waals surface area (Å²) in [7, 11) is 0. The molecule has 0 bridgehead atoms. The summed E-state index contributed by atoms with van der Waals surface area (Å²) in [6.45, 7) is 4.62. The molecule has 1 aliphatic rings. The molecule has 0 fully saturated rings. The fraction of sp³-hybridized carbons (Fsp3) is 0.381. The van der Waals surface area contributed by atoms with Crippen LogP contribution in [0.3, 0.4) is 0 Å². The van der Waals surface area contributed by atoms with Crippen molar-refractivity contribution in [1.29, 1.82) is 0 Å². The average Bonchev–Trinajstić information content (AvgIpc) is 2.62. The van der Waals surface area contributed by atoms with Crippen molar-refractivity contribution in [2.75, 3.05) is 17.2 Å². The molecule has 1 aromatic carbocycles. The van der Waals surface area contributed by atoms with Crippen molar-refractivity contribution in [3.05, 3.63) is 59.1 Å². The second kappa shape index (κ2) is 8.61. The first-order chi connectivity index (χ1) is 12.6. The number of nitrogens with one attached hydrogen (secondary N) is 2. The van der Waals surface area contributed by atoms with Gasteiger partial charge in [0.1, 0.15) is 17.3 Å². The van der Waals surface area contributed by atoms with Crippen LogP contribution in [0.2, 0.25) is 0 Å². The Hall–Kier alpha value is -2.69. The van der Waals surface area contributed by atoms with E-state index in [1.807, 2.05) is 31.2 Å². The van der Waals surface area contributed by atoms with E-state index < -0.39 is 0 Å². The van der Waals surface area contributed by atoms with E-state index in [0.29, 0.717) is 17.3 Å². The third-order valence-corrected chi connectivity index (χ3v) is 4.48. The number of rotatable bonds is 6. The Morgan fingerprint density at radius 1 is 1.15 bits per heavy atom. The van der Waals surface area contributed by atoms with Crippen molar-refractivity contribution in [2.24, 2.45) is 0 Å². The second-order valence-electron chi connectivity index (χ2n) is 6.79. The van der Waals surface area contributed by atoms with Crippen LogP contribution in [-0.2, 0) is 0 Å². The van der Waals surface area contributed by atoms with Gasteiger partial charge in [-0.05, 0) is 63.6 Å². The van der Waals surface area contributed by atoms with Gasteiger partial charge < -0.3 is 10.6 Å². The third kappa shape index (κ3) is 5.15. The SMILES string of the molecule is Cc1cccc(NC(=O)c2cc(NCCC3=CCCCC3)nc(C)n2)c1. The molecule has 136 valence electrons. The maximum atomic E-state index is 12.5. The number of benzene rings is 1. The van der Waals surface area contributed by atoms with E-state index in [0.717, 1.165) is 24.2 Å². The van der Waals surface area contributed by atoms with Crippen molar-refractivity contribution in [3.8, 4) is 0 Å². The van der Waals surface area contributed by atoms with Crippen LogP contribution in [0.25, 0.3) is 0 Å². The van der Waals surface area contributed by atoms with Gasteiger partial charge in [-0.25, -0.2) is 9.97 Å². The van der Waals surface area contributed by atoms with E-state index in [4.69, 9.17) is 0 Å². The zero-order valence-corrected chi connectivity index (χ0v) is 15.5. The number of allylic oxidation sites excluding steroid dienone is 1. The van der Waals surface area contributed by atoms with E-state index in [9.17, 15) is 4.79 Å². The number of carbonyl (C=O) groups is 1. The number of anilines is 2. The smallest absolute Gasteiger partial charge is 0.274 e. The second-order valence-corrected chi connectivity index (χ2v) is 6.79. The summed E-state index contributed by atoms with van der Waals surface area (Å²) in [4.78, 5) is 21.2. The Balaban J connectivity index is 1.62. The highest BCUT2D eigenvalue weighted by atomic mass is 16.1. The number of aryl methyl sites for hydroxylation is 2. The van der Waals surface area contributed by atoms with Crippen LogP contribution in [0, 0.1) is 13.8 Å². The van der Waals surface area contributed by atoms with E-state index in [-0.39, 0.29) is 5.91 Å². The molecule has 2 N–H and O–H groups in total. The van der Waals surface area contributed by atoms with Crippen LogP contribution in [0.5, 0.6) is 0 Å². The van der Waals surface area contributed by atoms with Gasteiger partial charge in [-0.2, -0.15) is 0 Å². The predicted molar refractivity (Wildman–Crippen MR) is 106 cm³/mol. The van der Waals surface area contributed by atoms with Gasteiger partial charge in [0.05, 0.1) is 0 Å². The molecular formula is C21H26N4O. The predicted octanol–water partition coefficient (Wildman–Crippen LogP) is 4.65. The summed E-state index contributed by atoms with van der Waals surface area (Å²) in [6.07, 6.45) is 8.38. The van der Waals surface area contributed by atoms with Crippen molar-refractivity contribution in [3.63, 3.8) is 0 Å². The Bertz CT molecular complexity index is 813.